The van der Waals surface area contributed by atoms with Gasteiger partial charge in [0.25, 0.3) is 0 Å². The van der Waals surface area contributed by atoms with Crippen molar-refractivity contribution in [1.82, 2.24) is 0 Å². The minimum absolute atomic E-state index is 0.261. The van der Waals surface area contributed by atoms with Crippen molar-refractivity contribution in [2.45, 2.75) is 83.5 Å². The summed E-state index contributed by atoms with van der Waals surface area (Å²) in [5.74, 6) is 4.74. The van der Waals surface area contributed by atoms with Crippen molar-refractivity contribution in [3.63, 3.8) is 0 Å². The van der Waals surface area contributed by atoms with E-state index in [1.807, 2.05) is 12.7 Å². The summed E-state index contributed by atoms with van der Waals surface area (Å²) in [5, 5.41) is 0. The average Bonchev–Trinajstić information content (AvgIpc) is 3.22. The summed E-state index contributed by atoms with van der Waals surface area (Å²) in [6, 6.07) is 0. The Hall–Kier alpha value is -0.543. The zero-order valence-corrected chi connectivity index (χ0v) is 18.4. The van der Waals surface area contributed by atoms with E-state index in [0.29, 0.717) is 5.41 Å². The van der Waals surface area contributed by atoms with E-state index in [1.165, 1.54) is 44.3 Å². The third kappa shape index (κ3) is 2.32. The number of methoxy groups -OCH3 is 1. The molecule has 3 saturated carbocycles. The number of rotatable bonds is 3. The van der Waals surface area contributed by atoms with E-state index < -0.39 is 8.32 Å². The number of hydrogen-bond donors (Lipinski definition) is 0. The molecule has 144 valence electrons. The highest BCUT2D eigenvalue weighted by Gasteiger charge is 2.75. The molecule has 0 aliphatic heterocycles. The Labute approximate surface area is 160 Å². The quantitative estimate of drug-likeness (QED) is 0.442. The third-order valence-corrected chi connectivity index (χ3v) is 9.73. The molecule has 0 radical (unpaired) electrons. The Morgan fingerprint density at radius 2 is 2.00 bits per heavy atom. The van der Waals surface area contributed by atoms with E-state index in [1.54, 1.807) is 5.57 Å². The monoisotopic (exact) mass is 372 g/mol. The van der Waals surface area contributed by atoms with Crippen LogP contribution in [-0.4, -0.2) is 21.0 Å². The Bertz CT molecular complexity index is 687. The molecular formula is C23H36O2Si. The highest BCUT2D eigenvalue weighted by molar-refractivity contribution is 6.69. The molecule has 0 amide bonds. The van der Waals surface area contributed by atoms with Crippen LogP contribution in [0.2, 0.25) is 19.6 Å². The van der Waals surface area contributed by atoms with Crippen LogP contribution in [0.3, 0.4) is 0 Å². The van der Waals surface area contributed by atoms with Gasteiger partial charge in [0, 0.05) is 6.42 Å². The van der Waals surface area contributed by atoms with E-state index in [9.17, 15) is 0 Å². The zero-order chi connectivity index (χ0) is 18.3. The number of hydrogen-bond acceptors (Lipinski definition) is 2. The molecule has 5 aliphatic carbocycles. The summed E-state index contributed by atoms with van der Waals surface area (Å²) >= 11 is 0. The first-order chi connectivity index (χ1) is 12.3. The van der Waals surface area contributed by atoms with Gasteiger partial charge < -0.3 is 9.16 Å². The van der Waals surface area contributed by atoms with Crippen molar-refractivity contribution < 1.29 is 9.16 Å². The second-order valence-corrected chi connectivity index (χ2v) is 15.4. The van der Waals surface area contributed by atoms with Crippen LogP contribution in [0.5, 0.6) is 0 Å². The Balaban J connectivity index is 1.41. The van der Waals surface area contributed by atoms with Crippen molar-refractivity contribution in [2.24, 2.45) is 29.1 Å². The van der Waals surface area contributed by atoms with Crippen LogP contribution < -0.4 is 0 Å². The molecule has 0 N–H and O–H groups in total. The van der Waals surface area contributed by atoms with Gasteiger partial charge in [0.1, 0.15) is 0 Å². The molecule has 0 bridgehead atoms. The molecule has 0 unspecified atom stereocenters. The molecule has 2 nitrogen and oxygen atoms in total. The van der Waals surface area contributed by atoms with Gasteiger partial charge in [0.15, 0.2) is 8.32 Å². The highest BCUT2D eigenvalue weighted by Crippen LogP contribution is 2.76. The lowest BCUT2D eigenvalue weighted by Crippen LogP contribution is -2.51. The van der Waals surface area contributed by atoms with E-state index in [0.717, 1.165) is 36.5 Å². The summed E-state index contributed by atoms with van der Waals surface area (Å²) in [7, 11) is 0.340. The summed E-state index contributed by atoms with van der Waals surface area (Å²) in [4.78, 5) is 0. The van der Waals surface area contributed by atoms with Crippen LogP contribution in [0.1, 0.15) is 58.3 Å². The summed E-state index contributed by atoms with van der Waals surface area (Å²) in [5.41, 5.74) is 4.24. The molecule has 0 saturated heterocycles. The van der Waals surface area contributed by atoms with Gasteiger partial charge >= 0.3 is 0 Å². The summed E-state index contributed by atoms with van der Waals surface area (Å²) < 4.78 is 12.5. The smallest absolute Gasteiger partial charge is 0.184 e. The van der Waals surface area contributed by atoms with Gasteiger partial charge in [0.05, 0.1) is 18.5 Å². The highest BCUT2D eigenvalue weighted by atomic mass is 28.4. The van der Waals surface area contributed by atoms with Gasteiger partial charge in [-0.3, -0.25) is 0 Å². The molecule has 26 heavy (non-hydrogen) atoms. The fourth-order valence-corrected chi connectivity index (χ4v) is 9.28. The van der Waals surface area contributed by atoms with Crippen LogP contribution in [-0.2, 0) is 9.16 Å². The standard InChI is InChI=1S/C23H36O2Si/c1-22-11-10-19-18-9-7-17(24-2)12-15(18)6-8-20(19)21(22)13-16-14-23(16,22)25-26(3,4)5/h7,16,19-21H,6,8-14H2,1-5H3/t16-,19+,20+,21-,22-,23-/m0/s1. The van der Waals surface area contributed by atoms with Gasteiger partial charge in [-0.1, -0.05) is 18.1 Å². The normalized spacial score (nSPS) is 46.7. The van der Waals surface area contributed by atoms with Gasteiger partial charge in [0.2, 0.25) is 0 Å². The first-order valence-corrected chi connectivity index (χ1v) is 14.3. The molecular weight excluding hydrogens is 336 g/mol. The SMILES string of the molecule is COC1=CCC2=C(CC[C@@H]3[C@@H]2CC[C@@]2(C)[C@H]3C[C@H]3C[C@]32O[Si](C)(C)C)C1. The van der Waals surface area contributed by atoms with Crippen molar-refractivity contribution in [3.8, 4) is 0 Å². The minimum atomic E-state index is -1.49. The van der Waals surface area contributed by atoms with Crippen molar-refractivity contribution in [1.29, 1.82) is 0 Å². The maximum absolute atomic E-state index is 6.95. The topological polar surface area (TPSA) is 18.5 Å². The van der Waals surface area contributed by atoms with E-state index in [4.69, 9.17) is 9.16 Å². The van der Waals surface area contributed by atoms with Crippen LogP contribution >= 0.6 is 0 Å². The van der Waals surface area contributed by atoms with Crippen molar-refractivity contribution in [2.75, 3.05) is 7.11 Å². The summed E-state index contributed by atoms with van der Waals surface area (Å²) in [6.45, 7) is 9.78. The number of fused-ring (bicyclic) bond motifs is 6. The van der Waals surface area contributed by atoms with Gasteiger partial charge in [-0.05, 0) is 99.7 Å². The molecule has 6 atom stereocenters. The van der Waals surface area contributed by atoms with Crippen LogP contribution in [0, 0.1) is 29.1 Å². The molecule has 5 aliphatic rings. The Morgan fingerprint density at radius 1 is 1.19 bits per heavy atom. The predicted octanol–water partition coefficient (Wildman–Crippen LogP) is 6.06. The fraction of sp³-hybridized carbons (Fsp3) is 0.826. The first-order valence-electron chi connectivity index (χ1n) is 10.9. The van der Waals surface area contributed by atoms with Crippen molar-refractivity contribution >= 4 is 8.32 Å². The lowest BCUT2D eigenvalue weighted by atomic mass is 9.53. The average molecular weight is 373 g/mol. The van der Waals surface area contributed by atoms with Crippen LogP contribution in [0.25, 0.3) is 0 Å². The lowest BCUT2D eigenvalue weighted by molar-refractivity contribution is -0.0559. The number of ether oxygens (including phenoxy) is 1. The molecule has 0 aromatic rings. The maximum atomic E-state index is 6.95. The Morgan fingerprint density at radius 3 is 2.73 bits per heavy atom. The molecule has 3 heteroatoms. The molecule has 0 heterocycles. The second kappa shape index (κ2) is 5.50. The van der Waals surface area contributed by atoms with Gasteiger partial charge in [-0.25, -0.2) is 0 Å². The number of allylic oxidation sites excluding steroid dienone is 3. The minimum Gasteiger partial charge on any atom is -0.501 e. The van der Waals surface area contributed by atoms with Crippen molar-refractivity contribution in [3.05, 3.63) is 23.0 Å². The third-order valence-electron chi connectivity index (χ3n) is 8.75. The predicted molar refractivity (Wildman–Crippen MR) is 108 cm³/mol. The zero-order valence-electron chi connectivity index (χ0n) is 17.4. The fourth-order valence-electron chi connectivity index (χ4n) is 7.70. The summed E-state index contributed by atoms with van der Waals surface area (Å²) in [6.07, 6.45) is 12.9. The van der Waals surface area contributed by atoms with E-state index >= 15 is 0 Å². The molecule has 0 spiro atoms. The Kier molecular flexibility index (Phi) is 3.71. The molecule has 3 fully saturated rings. The maximum Gasteiger partial charge on any atom is 0.184 e. The largest absolute Gasteiger partial charge is 0.501 e. The van der Waals surface area contributed by atoms with Crippen LogP contribution in [0.4, 0.5) is 0 Å². The van der Waals surface area contributed by atoms with Gasteiger partial charge in [-0.2, -0.15) is 0 Å². The van der Waals surface area contributed by atoms with E-state index in [-0.39, 0.29) is 5.60 Å². The molecule has 0 aromatic heterocycles. The first kappa shape index (κ1) is 17.5. The van der Waals surface area contributed by atoms with E-state index in [2.05, 4.69) is 32.6 Å². The lowest BCUT2D eigenvalue weighted by Gasteiger charge is -2.54. The van der Waals surface area contributed by atoms with Crippen LogP contribution in [0.15, 0.2) is 23.0 Å². The molecule has 0 aromatic carbocycles. The molecule has 5 rings (SSSR count). The van der Waals surface area contributed by atoms with Gasteiger partial charge in [-0.15, -0.1) is 0 Å². The second-order valence-electron chi connectivity index (χ2n) is 11.0.